The van der Waals surface area contributed by atoms with Gasteiger partial charge in [0.15, 0.2) is 15.0 Å². The molecular formula is C13H16N2O2S2. The number of nitrogens with one attached hydrogen (secondary N) is 1. The van der Waals surface area contributed by atoms with E-state index in [1.54, 1.807) is 0 Å². The molecule has 2 saturated heterocycles. The number of rotatable bonds is 2. The largest absolute Gasteiger partial charge is 0.316 e. The van der Waals surface area contributed by atoms with Crippen LogP contribution in [0.2, 0.25) is 0 Å². The van der Waals surface area contributed by atoms with Crippen molar-refractivity contribution in [1.82, 2.24) is 0 Å². The van der Waals surface area contributed by atoms with Gasteiger partial charge in [-0.15, -0.1) is 0 Å². The van der Waals surface area contributed by atoms with Gasteiger partial charge in [0.25, 0.3) is 0 Å². The number of anilines is 1. The van der Waals surface area contributed by atoms with Crippen LogP contribution >= 0.6 is 11.8 Å². The highest BCUT2D eigenvalue weighted by Crippen LogP contribution is 2.40. The van der Waals surface area contributed by atoms with Crippen molar-refractivity contribution in [2.24, 2.45) is 0 Å². The van der Waals surface area contributed by atoms with Crippen LogP contribution in [-0.2, 0) is 16.3 Å². The fraction of sp³-hybridized carbons (Fsp3) is 0.462. The molecule has 19 heavy (non-hydrogen) atoms. The molecule has 2 aliphatic rings. The summed E-state index contributed by atoms with van der Waals surface area (Å²) in [6, 6.07) is 7.99. The third kappa shape index (κ3) is 2.27. The van der Waals surface area contributed by atoms with Gasteiger partial charge in [-0.05, 0) is 24.1 Å². The Hall–Kier alpha value is -1.01. The number of hydrogen-bond donors (Lipinski definition) is 1. The van der Waals surface area contributed by atoms with Gasteiger partial charge in [0.05, 0.1) is 17.5 Å². The molecule has 1 aromatic carbocycles. The lowest BCUT2D eigenvalue weighted by atomic mass is 10.1. The molecule has 1 aromatic rings. The number of fused-ring (bicyclic) bond motifs is 1. The van der Waals surface area contributed by atoms with E-state index in [9.17, 15) is 8.42 Å². The van der Waals surface area contributed by atoms with E-state index in [0.717, 1.165) is 12.1 Å². The van der Waals surface area contributed by atoms with Crippen molar-refractivity contribution in [1.29, 1.82) is 5.41 Å². The zero-order chi connectivity index (χ0) is 13.6. The molecule has 0 bridgehead atoms. The predicted molar refractivity (Wildman–Crippen MR) is 79.8 cm³/mol. The average molecular weight is 296 g/mol. The van der Waals surface area contributed by atoms with Crippen molar-refractivity contribution in [3.05, 3.63) is 29.8 Å². The lowest BCUT2D eigenvalue weighted by molar-refractivity contribution is 0.601. The zero-order valence-electron chi connectivity index (χ0n) is 10.7. The van der Waals surface area contributed by atoms with E-state index in [1.807, 2.05) is 29.2 Å². The minimum atomic E-state index is -2.94. The Kier molecular flexibility index (Phi) is 3.09. The normalized spacial score (nSPS) is 28.7. The molecule has 2 fully saturated rings. The number of benzene rings is 1. The monoisotopic (exact) mass is 296 g/mol. The highest BCUT2D eigenvalue weighted by Gasteiger charge is 2.48. The first-order chi connectivity index (χ1) is 9.00. The molecule has 4 nitrogen and oxygen atoms in total. The molecule has 6 heteroatoms. The van der Waals surface area contributed by atoms with Crippen LogP contribution in [0.5, 0.6) is 0 Å². The Bertz CT molecular complexity index is 610. The first-order valence-corrected chi connectivity index (χ1v) is 9.04. The number of thioether (sulfide) groups is 1. The molecule has 2 unspecified atom stereocenters. The molecule has 2 aliphatic heterocycles. The molecule has 2 heterocycles. The average Bonchev–Trinajstić information content (AvgIpc) is 2.79. The van der Waals surface area contributed by atoms with Gasteiger partial charge in [-0.2, -0.15) is 0 Å². The maximum Gasteiger partial charge on any atom is 0.161 e. The van der Waals surface area contributed by atoms with E-state index in [4.69, 9.17) is 5.41 Å². The van der Waals surface area contributed by atoms with Crippen molar-refractivity contribution in [2.45, 2.75) is 24.6 Å². The summed E-state index contributed by atoms with van der Waals surface area (Å²) in [7, 11) is -2.94. The van der Waals surface area contributed by atoms with Crippen LogP contribution in [0.4, 0.5) is 5.69 Å². The van der Waals surface area contributed by atoms with Gasteiger partial charge in [-0.25, -0.2) is 8.42 Å². The molecule has 3 rings (SSSR count). The molecule has 1 N–H and O–H groups in total. The molecule has 0 aromatic heterocycles. The minimum absolute atomic E-state index is 0.0170. The van der Waals surface area contributed by atoms with E-state index >= 15 is 0 Å². The van der Waals surface area contributed by atoms with E-state index in [-0.39, 0.29) is 22.8 Å². The highest BCUT2D eigenvalue weighted by molar-refractivity contribution is 8.15. The van der Waals surface area contributed by atoms with Gasteiger partial charge in [-0.1, -0.05) is 30.8 Å². The standard InChI is InChI=1S/C13H16N2O2S2/c1-2-9-3-5-10(6-4-9)15-11-7-19(16,17)8-12(11)18-13(15)14/h3-6,11-12,14H,2,7-8H2,1H3. The number of nitrogens with zero attached hydrogens (tertiary/aromatic N) is 1. The second-order valence-corrected chi connectivity index (χ2v) is 8.38. The van der Waals surface area contributed by atoms with Gasteiger partial charge in [0.2, 0.25) is 0 Å². The maximum absolute atomic E-state index is 11.7. The summed E-state index contributed by atoms with van der Waals surface area (Å²) in [5, 5.41) is 8.55. The molecule has 2 atom stereocenters. The van der Waals surface area contributed by atoms with Gasteiger partial charge < -0.3 is 4.90 Å². The third-order valence-corrected chi connectivity index (χ3v) is 6.84. The van der Waals surface area contributed by atoms with Gasteiger partial charge in [0, 0.05) is 10.9 Å². The summed E-state index contributed by atoms with van der Waals surface area (Å²) in [4.78, 5) is 1.87. The van der Waals surface area contributed by atoms with E-state index in [2.05, 4.69) is 6.92 Å². The zero-order valence-corrected chi connectivity index (χ0v) is 12.3. The van der Waals surface area contributed by atoms with Gasteiger partial charge in [0.1, 0.15) is 0 Å². The van der Waals surface area contributed by atoms with Crippen molar-refractivity contribution >= 4 is 32.5 Å². The molecule has 0 saturated carbocycles. The number of hydrogen-bond acceptors (Lipinski definition) is 4. The second-order valence-electron chi connectivity index (χ2n) is 5.00. The summed E-state index contributed by atoms with van der Waals surface area (Å²) in [5.74, 6) is 0.372. The fourth-order valence-corrected chi connectivity index (χ4v) is 6.49. The Morgan fingerprint density at radius 2 is 2.00 bits per heavy atom. The Labute approximate surface area is 117 Å². The van der Waals surface area contributed by atoms with Crippen LogP contribution in [0, 0.1) is 5.41 Å². The molecule has 102 valence electrons. The smallest absolute Gasteiger partial charge is 0.161 e. The SMILES string of the molecule is CCc1ccc(N2C(=N)SC3CS(=O)(=O)CC32)cc1. The van der Waals surface area contributed by atoms with Crippen molar-refractivity contribution in [3.8, 4) is 0 Å². The Morgan fingerprint density at radius 3 is 2.63 bits per heavy atom. The topological polar surface area (TPSA) is 61.2 Å². The lowest BCUT2D eigenvalue weighted by Crippen LogP contribution is -2.37. The third-order valence-electron chi connectivity index (χ3n) is 3.71. The van der Waals surface area contributed by atoms with Gasteiger partial charge >= 0.3 is 0 Å². The summed E-state index contributed by atoms with van der Waals surface area (Å²) < 4.78 is 23.4. The van der Waals surface area contributed by atoms with Crippen LogP contribution in [0.3, 0.4) is 0 Å². The molecule has 0 aliphatic carbocycles. The molecular weight excluding hydrogens is 280 g/mol. The summed E-state index contributed by atoms with van der Waals surface area (Å²) in [6.45, 7) is 2.10. The minimum Gasteiger partial charge on any atom is -0.316 e. The van der Waals surface area contributed by atoms with Crippen molar-refractivity contribution < 1.29 is 8.42 Å². The quantitative estimate of drug-likeness (QED) is 0.905. The second kappa shape index (κ2) is 4.52. The predicted octanol–water partition coefficient (Wildman–Crippen LogP) is 1.90. The van der Waals surface area contributed by atoms with Crippen molar-refractivity contribution in [2.75, 3.05) is 16.4 Å². The van der Waals surface area contributed by atoms with Crippen molar-refractivity contribution in [3.63, 3.8) is 0 Å². The number of amidine groups is 1. The Morgan fingerprint density at radius 1 is 1.32 bits per heavy atom. The van der Waals surface area contributed by atoms with E-state index < -0.39 is 9.84 Å². The van der Waals surface area contributed by atoms with E-state index in [0.29, 0.717) is 5.17 Å². The number of aryl methyl sites for hydroxylation is 1. The Balaban J connectivity index is 1.92. The summed E-state index contributed by atoms with van der Waals surface area (Å²) in [5.41, 5.74) is 2.18. The summed E-state index contributed by atoms with van der Waals surface area (Å²) in [6.07, 6.45) is 0.979. The molecule has 0 spiro atoms. The molecule has 0 radical (unpaired) electrons. The lowest BCUT2D eigenvalue weighted by Gasteiger charge is -2.24. The fourth-order valence-electron chi connectivity index (χ4n) is 2.70. The van der Waals surface area contributed by atoms with Crippen LogP contribution in [0.15, 0.2) is 24.3 Å². The van der Waals surface area contributed by atoms with Crippen LogP contribution in [-0.4, -0.2) is 36.4 Å². The molecule has 0 amide bonds. The first-order valence-electron chi connectivity index (χ1n) is 6.34. The van der Waals surface area contributed by atoms with Gasteiger partial charge in [-0.3, -0.25) is 5.41 Å². The maximum atomic E-state index is 11.7. The summed E-state index contributed by atoms with van der Waals surface area (Å²) >= 11 is 1.38. The van der Waals surface area contributed by atoms with E-state index in [1.165, 1.54) is 17.3 Å². The van der Waals surface area contributed by atoms with Crippen LogP contribution in [0.25, 0.3) is 0 Å². The number of sulfone groups is 1. The van der Waals surface area contributed by atoms with Crippen LogP contribution < -0.4 is 4.90 Å². The van der Waals surface area contributed by atoms with Crippen LogP contribution in [0.1, 0.15) is 12.5 Å². The highest BCUT2D eigenvalue weighted by atomic mass is 32.2. The first kappa shape index (κ1) is 13.0.